The minimum atomic E-state index is 0.133. The van der Waals surface area contributed by atoms with E-state index in [1.165, 1.54) is 28.9 Å². The number of nitrogens with one attached hydrogen (secondary N) is 2. The molecule has 0 spiro atoms. The maximum atomic E-state index is 12.1. The Morgan fingerprint density at radius 2 is 2.00 bits per heavy atom. The molecule has 1 aromatic carbocycles. The highest BCUT2D eigenvalue weighted by atomic mass is 16.2. The Bertz CT molecular complexity index is 436. The van der Waals surface area contributed by atoms with Crippen molar-refractivity contribution in [1.29, 1.82) is 0 Å². The quantitative estimate of drug-likeness (QED) is 0.850. The highest BCUT2D eigenvalue weighted by Gasteiger charge is 2.21. The van der Waals surface area contributed by atoms with E-state index >= 15 is 0 Å². The minimum absolute atomic E-state index is 0.133. The number of carbonyl (C=O) groups excluding carboxylic acids is 1. The Balaban J connectivity index is 1.90. The lowest BCUT2D eigenvalue weighted by Gasteiger charge is -2.27. The maximum Gasteiger partial charge on any atom is 0.279 e. The van der Waals surface area contributed by atoms with Gasteiger partial charge in [0.25, 0.3) is 5.91 Å². The number of benzene rings is 1. The number of carbonyl (C=O) groups is 1. The number of amides is 1. The Labute approximate surface area is 116 Å². The van der Waals surface area contributed by atoms with Crippen LogP contribution in [0.5, 0.6) is 0 Å². The minimum Gasteiger partial charge on any atom is -0.327 e. The van der Waals surface area contributed by atoms with E-state index in [9.17, 15) is 4.79 Å². The highest BCUT2D eigenvalue weighted by Crippen LogP contribution is 2.13. The van der Waals surface area contributed by atoms with Gasteiger partial charge in [0.05, 0.1) is 13.1 Å². The first-order valence-corrected chi connectivity index (χ1v) is 7.24. The highest BCUT2D eigenvalue weighted by molar-refractivity contribution is 5.91. The molecular weight excluding hydrogens is 236 g/mol. The molecule has 104 valence electrons. The lowest BCUT2D eigenvalue weighted by atomic mass is 10.0. The number of piperidine rings is 1. The molecule has 1 heterocycles. The third kappa shape index (κ3) is 4.35. The van der Waals surface area contributed by atoms with Gasteiger partial charge in [0, 0.05) is 11.6 Å². The summed E-state index contributed by atoms with van der Waals surface area (Å²) in [6.07, 6.45) is 2.55. The molecule has 1 aliphatic heterocycles. The van der Waals surface area contributed by atoms with Crippen molar-refractivity contribution in [3.05, 3.63) is 29.3 Å². The van der Waals surface area contributed by atoms with E-state index < -0.39 is 0 Å². The first-order valence-electron chi connectivity index (χ1n) is 7.24. The maximum absolute atomic E-state index is 12.1. The molecule has 0 bridgehead atoms. The molecule has 2 N–H and O–H groups in total. The van der Waals surface area contributed by atoms with Crippen molar-refractivity contribution < 1.29 is 9.69 Å². The molecule has 1 fully saturated rings. The zero-order chi connectivity index (χ0) is 13.8. The first kappa shape index (κ1) is 14.1. The van der Waals surface area contributed by atoms with Gasteiger partial charge in [-0.25, -0.2) is 0 Å². The monoisotopic (exact) mass is 261 g/mol. The van der Waals surface area contributed by atoms with Crippen LogP contribution in [-0.2, 0) is 4.79 Å². The van der Waals surface area contributed by atoms with Crippen molar-refractivity contribution in [2.45, 2.75) is 33.6 Å². The molecule has 0 saturated carbocycles. The zero-order valence-corrected chi connectivity index (χ0v) is 12.3. The van der Waals surface area contributed by atoms with Gasteiger partial charge in [0.15, 0.2) is 6.54 Å². The Morgan fingerprint density at radius 3 is 2.63 bits per heavy atom. The molecule has 1 saturated heterocycles. The summed E-state index contributed by atoms with van der Waals surface area (Å²) < 4.78 is 0. The SMILES string of the molecule is Cc1cc(C)cc(NC(=O)C[NH+]2CCC[C@H](C)C2)c1. The molecule has 2 atom stereocenters. The van der Waals surface area contributed by atoms with Crippen molar-refractivity contribution in [1.82, 2.24) is 0 Å². The summed E-state index contributed by atoms with van der Waals surface area (Å²) in [6.45, 7) is 9.24. The molecule has 3 heteroatoms. The third-order valence-corrected chi connectivity index (χ3v) is 3.78. The molecule has 1 aromatic rings. The van der Waals surface area contributed by atoms with Gasteiger partial charge in [-0.15, -0.1) is 0 Å². The molecule has 3 nitrogen and oxygen atoms in total. The lowest BCUT2D eigenvalue weighted by Crippen LogP contribution is -3.14. The van der Waals surface area contributed by atoms with Gasteiger partial charge in [-0.1, -0.05) is 13.0 Å². The standard InChI is InChI=1S/C16H24N2O/c1-12-5-4-6-18(10-12)11-16(19)17-15-8-13(2)7-14(3)9-15/h7-9,12H,4-6,10-11H2,1-3H3,(H,17,19)/p+1/t12-/m0/s1. The molecule has 0 radical (unpaired) electrons. The van der Waals surface area contributed by atoms with Gasteiger partial charge >= 0.3 is 0 Å². The van der Waals surface area contributed by atoms with Crippen LogP contribution in [-0.4, -0.2) is 25.5 Å². The van der Waals surface area contributed by atoms with Crippen LogP contribution in [0.2, 0.25) is 0 Å². The second kappa shape index (κ2) is 6.20. The Hall–Kier alpha value is -1.35. The molecule has 2 rings (SSSR count). The summed E-state index contributed by atoms with van der Waals surface area (Å²) in [5, 5.41) is 3.03. The summed E-state index contributed by atoms with van der Waals surface area (Å²) in [7, 11) is 0. The number of anilines is 1. The van der Waals surface area contributed by atoms with Gasteiger partial charge in [0.2, 0.25) is 0 Å². The second-order valence-electron chi connectivity index (χ2n) is 6.05. The predicted octanol–water partition coefficient (Wildman–Crippen LogP) is 1.56. The van der Waals surface area contributed by atoms with Gasteiger partial charge in [-0.05, 0) is 49.9 Å². The second-order valence-corrected chi connectivity index (χ2v) is 6.05. The fraction of sp³-hybridized carbons (Fsp3) is 0.562. The lowest BCUT2D eigenvalue weighted by molar-refractivity contribution is -0.900. The van der Waals surface area contributed by atoms with Crippen LogP contribution in [0.4, 0.5) is 5.69 Å². The van der Waals surface area contributed by atoms with Crippen LogP contribution in [0.3, 0.4) is 0 Å². The number of rotatable bonds is 3. The van der Waals surface area contributed by atoms with Gasteiger partial charge < -0.3 is 10.2 Å². The normalized spacial score (nSPS) is 23.1. The summed E-state index contributed by atoms with van der Waals surface area (Å²) in [6, 6.07) is 6.17. The number of hydrogen-bond acceptors (Lipinski definition) is 1. The summed E-state index contributed by atoms with van der Waals surface area (Å²) in [4.78, 5) is 13.5. The van der Waals surface area contributed by atoms with Gasteiger partial charge in [-0.2, -0.15) is 0 Å². The van der Waals surface area contributed by atoms with E-state index in [0.717, 1.165) is 24.7 Å². The summed E-state index contributed by atoms with van der Waals surface area (Å²) in [5.74, 6) is 0.881. The number of aryl methyl sites for hydroxylation is 2. The van der Waals surface area contributed by atoms with Crippen molar-refractivity contribution in [3.63, 3.8) is 0 Å². The van der Waals surface area contributed by atoms with Gasteiger partial charge in [0.1, 0.15) is 0 Å². The topological polar surface area (TPSA) is 33.5 Å². The summed E-state index contributed by atoms with van der Waals surface area (Å²) in [5.41, 5.74) is 3.30. The van der Waals surface area contributed by atoms with Crippen molar-refractivity contribution in [2.24, 2.45) is 5.92 Å². The van der Waals surface area contributed by atoms with Crippen LogP contribution in [0.15, 0.2) is 18.2 Å². The van der Waals surface area contributed by atoms with E-state index in [4.69, 9.17) is 0 Å². The molecule has 0 aromatic heterocycles. The van der Waals surface area contributed by atoms with Crippen molar-refractivity contribution >= 4 is 11.6 Å². The largest absolute Gasteiger partial charge is 0.327 e. The van der Waals surface area contributed by atoms with E-state index in [-0.39, 0.29) is 5.91 Å². The van der Waals surface area contributed by atoms with Crippen LogP contribution in [0.25, 0.3) is 0 Å². The average Bonchev–Trinajstić information content (AvgIpc) is 2.26. The van der Waals surface area contributed by atoms with Crippen molar-refractivity contribution in [3.8, 4) is 0 Å². The van der Waals surface area contributed by atoms with E-state index in [1.807, 2.05) is 12.1 Å². The van der Waals surface area contributed by atoms with E-state index in [0.29, 0.717) is 6.54 Å². The Kier molecular flexibility index (Phi) is 4.59. The molecule has 0 aliphatic carbocycles. The smallest absolute Gasteiger partial charge is 0.279 e. The molecule has 1 amide bonds. The molecule has 1 aliphatic rings. The van der Waals surface area contributed by atoms with Crippen LogP contribution in [0, 0.1) is 19.8 Å². The van der Waals surface area contributed by atoms with Crippen LogP contribution < -0.4 is 10.2 Å². The molecule has 19 heavy (non-hydrogen) atoms. The van der Waals surface area contributed by atoms with Crippen LogP contribution in [0.1, 0.15) is 30.9 Å². The first-order chi connectivity index (χ1) is 9.02. The fourth-order valence-corrected chi connectivity index (χ4v) is 3.04. The Morgan fingerprint density at radius 1 is 1.32 bits per heavy atom. The van der Waals surface area contributed by atoms with Gasteiger partial charge in [-0.3, -0.25) is 4.79 Å². The number of likely N-dealkylation sites (tertiary alicyclic amines) is 1. The van der Waals surface area contributed by atoms with E-state index in [2.05, 4.69) is 32.2 Å². The van der Waals surface area contributed by atoms with E-state index in [1.54, 1.807) is 0 Å². The predicted molar refractivity (Wildman–Crippen MR) is 78.5 cm³/mol. The number of quaternary nitrogens is 1. The zero-order valence-electron chi connectivity index (χ0n) is 12.3. The molecule has 1 unspecified atom stereocenters. The fourth-order valence-electron chi connectivity index (χ4n) is 3.04. The average molecular weight is 261 g/mol. The number of hydrogen-bond donors (Lipinski definition) is 2. The third-order valence-electron chi connectivity index (χ3n) is 3.78. The molecular formula is C16H25N2O+. The van der Waals surface area contributed by atoms with Crippen molar-refractivity contribution in [2.75, 3.05) is 25.0 Å². The summed E-state index contributed by atoms with van der Waals surface area (Å²) >= 11 is 0. The van der Waals surface area contributed by atoms with Crippen LogP contribution >= 0.6 is 0 Å².